The smallest absolute Gasteiger partial charge is 0.337 e. The average Bonchev–Trinajstić information content (AvgIpc) is 2.36. The van der Waals surface area contributed by atoms with Crippen molar-refractivity contribution in [1.82, 2.24) is 5.32 Å². The normalized spacial score (nSPS) is 11.7. The molecular formula is C13H18N2O3S. The third-order valence-corrected chi connectivity index (χ3v) is 3.50. The van der Waals surface area contributed by atoms with Crippen LogP contribution in [0.1, 0.15) is 24.2 Å². The lowest BCUT2D eigenvalue weighted by molar-refractivity contribution is 0.0698. The number of carbonyl (C=O) groups is 2. The van der Waals surface area contributed by atoms with E-state index in [1.807, 2.05) is 6.92 Å². The minimum Gasteiger partial charge on any atom is -0.478 e. The summed E-state index contributed by atoms with van der Waals surface area (Å²) in [5.74, 6) is 0.755. The van der Waals surface area contributed by atoms with Crippen molar-refractivity contribution in [3.8, 4) is 0 Å². The van der Waals surface area contributed by atoms with Gasteiger partial charge in [0.15, 0.2) is 0 Å². The first-order chi connectivity index (χ1) is 9.04. The number of nitrogens with one attached hydrogen (secondary N) is 2. The van der Waals surface area contributed by atoms with Gasteiger partial charge in [-0.2, -0.15) is 11.8 Å². The molecule has 1 atom stereocenters. The lowest BCUT2D eigenvalue weighted by atomic mass is 10.2. The van der Waals surface area contributed by atoms with Crippen LogP contribution in [0, 0.1) is 0 Å². The van der Waals surface area contributed by atoms with E-state index in [1.54, 1.807) is 30.0 Å². The Morgan fingerprint density at radius 2 is 2.05 bits per heavy atom. The number of aromatic carboxylic acids is 1. The molecule has 1 unspecified atom stereocenters. The van der Waals surface area contributed by atoms with Crippen molar-refractivity contribution >= 4 is 29.4 Å². The molecule has 104 valence electrons. The van der Waals surface area contributed by atoms with Crippen molar-refractivity contribution in [3.05, 3.63) is 29.8 Å². The number of benzene rings is 1. The summed E-state index contributed by atoms with van der Waals surface area (Å²) in [6, 6.07) is 5.95. The molecule has 1 aromatic rings. The van der Waals surface area contributed by atoms with Gasteiger partial charge in [-0.15, -0.1) is 0 Å². The minimum atomic E-state index is -1.06. The number of hydrogen-bond donors (Lipinski definition) is 3. The van der Waals surface area contributed by atoms with E-state index >= 15 is 0 Å². The third-order valence-electron chi connectivity index (χ3n) is 2.36. The molecule has 0 heterocycles. The second kappa shape index (κ2) is 7.68. The van der Waals surface area contributed by atoms with Crippen LogP contribution in [0.15, 0.2) is 24.3 Å². The summed E-state index contributed by atoms with van der Waals surface area (Å²) >= 11 is 1.74. The van der Waals surface area contributed by atoms with Gasteiger partial charge in [-0.3, -0.25) is 0 Å². The Bertz CT molecular complexity index is 451. The first-order valence-electron chi connectivity index (χ1n) is 6.02. The Balaban J connectivity index is 2.60. The fraction of sp³-hybridized carbons (Fsp3) is 0.385. The largest absolute Gasteiger partial charge is 0.478 e. The van der Waals surface area contributed by atoms with Gasteiger partial charge in [0.05, 0.1) is 11.3 Å². The summed E-state index contributed by atoms with van der Waals surface area (Å²) < 4.78 is 0. The van der Waals surface area contributed by atoms with Crippen LogP contribution in [0.2, 0.25) is 0 Å². The Morgan fingerprint density at radius 3 is 2.68 bits per heavy atom. The number of carbonyl (C=O) groups excluding carboxylic acids is 1. The van der Waals surface area contributed by atoms with Crippen LogP contribution in [0.5, 0.6) is 0 Å². The molecule has 0 fully saturated rings. The van der Waals surface area contributed by atoms with Crippen molar-refractivity contribution in [2.75, 3.05) is 16.8 Å². The monoisotopic (exact) mass is 282 g/mol. The first-order valence-corrected chi connectivity index (χ1v) is 7.17. The summed E-state index contributed by atoms with van der Waals surface area (Å²) in [4.78, 5) is 22.7. The summed E-state index contributed by atoms with van der Waals surface area (Å²) in [6.07, 6.45) is 0. The standard InChI is InChI=1S/C13H18N2O3S/c1-3-19-8-9(2)14-13(18)15-11-7-5-4-6-10(11)12(16)17/h4-7,9H,3,8H2,1-2H3,(H,16,17)(H2,14,15,18). The summed E-state index contributed by atoms with van der Waals surface area (Å²) in [5.41, 5.74) is 0.371. The molecule has 2 amide bonds. The van der Waals surface area contributed by atoms with Gasteiger partial charge < -0.3 is 15.7 Å². The molecule has 6 heteroatoms. The zero-order chi connectivity index (χ0) is 14.3. The van der Waals surface area contributed by atoms with Crippen molar-refractivity contribution in [2.45, 2.75) is 19.9 Å². The number of rotatable bonds is 6. The van der Waals surface area contributed by atoms with E-state index in [2.05, 4.69) is 17.6 Å². The first kappa shape index (κ1) is 15.4. The van der Waals surface area contributed by atoms with Crippen LogP contribution >= 0.6 is 11.8 Å². The van der Waals surface area contributed by atoms with E-state index in [9.17, 15) is 9.59 Å². The van der Waals surface area contributed by atoms with Crippen molar-refractivity contribution < 1.29 is 14.7 Å². The summed E-state index contributed by atoms with van der Waals surface area (Å²) in [7, 11) is 0. The van der Waals surface area contributed by atoms with E-state index in [-0.39, 0.29) is 11.6 Å². The maximum atomic E-state index is 11.7. The molecule has 0 spiro atoms. The minimum absolute atomic E-state index is 0.0296. The zero-order valence-corrected chi connectivity index (χ0v) is 11.8. The van der Waals surface area contributed by atoms with Crippen molar-refractivity contribution in [1.29, 1.82) is 0 Å². The lowest BCUT2D eigenvalue weighted by Crippen LogP contribution is -2.37. The highest BCUT2D eigenvalue weighted by atomic mass is 32.2. The quantitative estimate of drug-likeness (QED) is 0.749. The van der Waals surface area contributed by atoms with Gasteiger partial charge in [-0.1, -0.05) is 19.1 Å². The molecule has 0 saturated carbocycles. The predicted octanol–water partition coefficient (Wildman–Crippen LogP) is 2.65. The Hall–Kier alpha value is -1.69. The maximum Gasteiger partial charge on any atom is 0.337 e. The molecule has 1 rings (SSSR count). The number of anilines is 1. The third kappa shape index (κ3) is 5.21. The van der Waals surface area contributed by atoms with Gasteiger partial charge in [0, 0.05) is 11.8 Å². The number of carboxylic acid groups (broad SMARTS) is 1. The molecule has 0 aromatic heterocycles. The lowest BCUT2D eigenvalue weighted by Gasteiger charge is -2.14. The van der Waals surface area contributed by atoms with Crippen LogP contribution in [0.4, 0.5) is 10.5 Å². The molecule has 3 N–H and O–H groups in total. The van der Waals surface area contributed by atoms with Crippen LogP contribution in [0.3, 0.4) is 0 Å². The van der Waals surface area contributed by atoms with E-state index in [0.717, 1.165) is 11.5 Å². The molecule has 1 aromatic carbocycles. The number of para-hydroxylation sites is 1. The molecule has 19 heavy (non-hydrogen) atoms. The van der Waals surface area contributed by atoms with Gasteiger partial charge >= 0.3 is 12.0 Å². The molecule has 0 aliphatic carbocycles. The molecule has 0 radical (unpaired) electrons. The highest BCUT2D eigenvalue weighted by molar-refractivity contribution is 7.99. The average molecular weight is 282 g/mol. The van der Waals surface area contributed by atoms with Gasteiger partial charge in [0.1, 0.15) is 0 Å². The SMILES string of the molecule is CCSCC(C)NC(=O)Nc1ccccc1C(=O)O. The van der Waals surface area contributed by atoms with Gasteiger partial charge in [-0.05, 0) is 24.8 Å². The number of carboxylic acids is 1. The molecule has 0 aliphatic rings. The summed E-state index contributed by atoms with van der Waals surface area (Å²) in [6.45, 7) is 3.96. The second-order valence-electron chi connectivity index (χ2n) is 4.01. The molecule has 0 saturated heterocycles. The molecule has 0 aliphatic heterocycles. The summed E-state index contributed by atoms with van der Waals surface area (Å²) in [5, 5.41) is 14.3. The van der Waals surface area contributed by atoms with E-state index < -0.39 is 12.0 Å². The van der Waals surface area contributed by atoms with Crippen LogP contribution < -0.4 is 10.6 Å². The number of thioether (sulfide) groups is 1. The van der Waals surface area contributed by atoms with Gasteiger partial charge in [-0.25, -0.2) is 9.59 Å². The highest BCUT2D eigenvalue weighted by Crippen LogP contribution is 2.14. The van der Waals surface area contributed by atoms with Gasteiger partial charge in [0.2, 0.25) is 0 Å². The topological polar surface area (TPSA) is 78.4 Å². The zero-order valence-electron chi connectivity index (χ0n) is 11.0. The van der Waals surface area contributed by atoms with E-state index in [0.29, 0.717) is 5.69 Å². The fourth-order valence-corrected chi connectivity index (χ4v) is 2.17. The fourth-order valence-electron chi connectivity index (χ4n) is 1.50. The highest BCUT2D eigenvalue weighted by Gasteiger charge is 2.12. The van der Waals surface area contributed by atoms with Crippen LogP contribution in [-0.2, 0) is 0 Å². The van der Waals surface area contributed by atoms with Crippen molar-refractivity contribution in [3.63, 3.8) is 0 Å². The Kier molecular flexibility index (Phi) is 6.21. The predicted molar refractivity (Wildman–Crippen MR) is 78.0 cm³/mol. The van der Waals surface area contributed by atoms with E-state index in [4.69, 9.17) is 5.11 Å². The maximum absolute atomic E-state index is 11.7. The molecular weight excluding hydrogens is 264 g/mol. The Labute approximate surface area is 116 Å². The van der Waals surface area contributed by atoms with E-state index in [1.165, 1.54) is 6.07 Å². The number of hydrogen-bond acceptors (Lipinski definition) is 3. The second-order valence-corrected chi connectivity index (χ2v) is 5.33. The molecule has 0 bridgehead atoms. The Morgan fingerprint density at radius 1 is 1.37 bits per heavy atom. The number of urea groups is 1. The van der Waals surface area contributed by atoms with Crippen molar-refractivity contribution in [2.24, 2.45) is 0 Å². The van der Waals surface area contributed by atoms with Gasteiger partial charge in [0.25, 0.3) is 0 Å². The van der Waals surface area contributed by atoms with Crippen LogP contribution in [0.25, 0.3) is 0 Å². The molecule has 5 nitrogen and oxygen atoms in total. The van der Waals surface area contributed by atoms with Crippen LogP contribution in [-0.4, -0.2) is 34.7 Å². The number of amides is 2.